The van der Waals surface area contributed by atoms with Crippen molar-refractivity contribution in [2.24, 2.45) is 0 Å². The number of phenolic OH excluding ortho intramolecular Hbond substituents is 1. The third kappa shape index (κ3) is 9.03. The SMILES string of the molecule is CCC(c1ccccc1)N1Cc2cc3c(cc2CC1C(=O)N[C@@H](Cc1ccc(-c2ccc(C#N)cc2)cc1)C(=O)OC)N(C)C(=O)CO3.Oc1ccccc1. The topological polar surface area (TPSA) is 132 Å². The fourth-order valence-electron chi connectivity index (χ4n) is 7.12. The van der Waals surface area contributed by atoms with Crippen LogP contribution in [-0.2, 0) is 38.5 Å². The second-order valence-electron chi connectivity index (χ2n) is 13.6. The minimum Gasteiger partial charge on any atom is -0.508 e. The molecular weight excluding hydrogens is 693 g/mol. The summed E-state index contributed by atoms with van der Waals surface area (Å²) in [5.74, 6) is 0.0573. The summed E-state index contributed by atoms with van der Waals surface area (Å²) in [6.07, 6.45) is 1.42. The molecule has 0 saturated carbocycles. The molecule has 0 radical (unpaired) electrons. The molecule has 7 rings (SSSR count). The summed E-state index contributed by atoms with van der Waals surface area (Å²) in [5, 5.41) is 20.8. The Morgan fingerprint density at radius 1 is 0.927 bits per heavy atom. The van der Waals surface area contributed by atoms with E-state index in [1.165, 1.54) is 7.11 Å². The van der Waals surface area contributed by atoms with Gasteiger partial charge in [0.05, 0.1) is 30.5 Å². The Bertz CT molecular complexity index is 2150. The van der Waals surface area contributed by atoms with Crippen LogP contribution in [0.4, 0.5) is 5.69 Å². The largest absolute Gasteiger partial charge is 0.508 e. The Balaban J connectivity index is 0.000000661. The summed E-state index contributed by atoms with van der Waals surface area (Å²) in [4.78, 5) is 43.6. The van der Waals surface area contributed by atoms with Crippen molar-refractivity contribution in [2.45, 2.75) is 50.9 Å². The monoisotopic (exact) mass is 736 g/mol. The number of hydrogen-bond acceptors (Lipinski definition) is 8. The number of benzene rings is 5. The lowest BCUT2D eigenvalue weighted by atomic mass is 9.88. The van der Waals surface area contributed by atoms with Crippen LogP contribution in [0.25, 0.3) is 11.1 Å². The fourth-order valence-corrected chi connectivity index (χ4v) is 7.12. The molecule has 0 spiro atoms. The molecule has 0 fully saturated rings. The quantitative estimate of drug-likeness (QED) is 0.159. The molecule has 2 N–H and O–H groups in total. The van der Waals surface area contributed by atoms with Gasteiger partial charge >= 0.3 is 5.97 Å². The number of methoxy groups -OCH3 is 1. The molecule has 3 atom stereocenters. The zero-order valence-electron chi connectivity index (χ0n) is 31.1. The average molecular weight is 737 g/mol. The van der Waals surface area contributed by atoms with Crippen molar-refractivity contribution in [1.82, 2.24) is 10.2 Å². The van der Waals surface area contributed by atoms with Crippen molar-refractivity contribution in [3.05, 3.63) is 149 Å². The molecule has 0 saturated heterocycles. The summed E-state index contributed by atoms with van der Waals surface area (Å²) >= 11 is 0. The maximum absolute atomic E-state index is 14.3. The van der Waals surface area contributed by atoms with Crippen LogP contribution in [0.1, 0.15) is 47.2 Å². The first kappa shape index (κ1) is 38.3. The molecule has 2 heterocycles. The number of carbonyl (C=O) groups excluding carboxylic acids is 3. The molecule has 5 aromatic carbocycles. The molecule has 0 aromatic heterocycles. The molecule has 2 aliphatic rings. The number of nitrogens with one attached hydrogen (secondary N) is 1. The van der Waals surface area contributed by atoms with Crippen LogP contribution in [-0.4, -0.2) is 60.6 Å². The Kier molecular flexibility index (Phi) is 12.2. The van der Waals surface area contributed by atoms with Gasteiger partial charge in [-0.15, -0.1) is 0 Å². The highest BCUT2D eigenvalue weighted by Crippen LogP contribution is 2.40. The molecule has 280 valence electrons. The minimum absolute atomic E-state index is 0.00822. The van der Waals surface area contributed by atoms with Crippen LogP contribution in [0.2, 0.25) is 0 Å². The number of likely N-dealkylation sites (N-methyl/N-ethyl adjacent to an activating group) is 1. The third-order valence-corrected chi connectivity index (χ3v) is 10.1. The number of amides is 2. The molecule has 5 aromatic rings. The summed E-state index contributed by atoms with van der Waals surface area (Å²) in [7, 11) is 3.06. The van der Waals surface area contributed by atoms with Crippen molar-refractivity contribution < 1.29 is 29.0 Å². The molecule has 0 bridgehead atoms. The van der Waals surface area contributed by atoms with Crippen molar-refractivity contribution in [3.63, 3.8) is 0 Å². The van der Waals surface area contributed by atoms with Crippen LogP contribution in [0, 0.1) is 11.3 Å². The van der Waals surface area contributed by atoms with Crippen LogP contribution in [0.5, 0.6) is 11.5 Å². The summed E-state index contributed by atoms with van der Waals surface area (Å²) in [5.41, 5.74) is 7.21. The van der Waals surface area contributed by atoms with E-state index in [0.29, 0.717) is 35.7 Å². The maximum Gasteiger partial charge on any atom is 0.328 e. The average Bonchev–Trinajstić information content (AvgIpc) is 3.22. The van der Waals surface area contributed by atoms with E-state index in [2.05, 4.69) is 35.3 Å². The molecule has 0 aliphatic carbocycles. The van der Waals surface area contributed by atoms with Gasteiger partial charge in [0.2, 0.25) is 5.91 Å². The van der Waals surface area contributed by atoms with E-state index in [-0.39, 0.29) is 30.9 Å². The van der Waals surface area contributed by atoms with Gasteiger partial charge in [0.15, 0.2) is 6.61 Å². The number of nitrogens with zero attached hydrogens (tertiary/aromatic N) is 3. The number of nitriles is 1. The van der Waals surface area contributed by atoms with Gasteiger partial charge < -0.3 is 24.8 Å². The van der Waals surface area contributed by atoms with E-state index in [9.17, 15) is 14.4 Å². The van der Waals surface area contributed by atoms with Gasteiger partial charge in [-0.1, -0.05) is 91.9 Å². The van der Waals surface area contributed by atoms with E-state index in [4.69, 9.17) is 19.8 Å². The zero-order valence-corrected chi connectivity index (χ0v) is 31.1. The van der Waals surface area contributed by atoms with Gasteiger partial charge in [-0.25, -0.2) is 4.79 Å². The van der Waals surface area contributed by atoms with Gasteiger partial charge in [-0.05, 0) is 82.6 Å². The number of hydrogen-bond donors (Lipinski definition) is 2. The number of esters is 1. The second kappa shape index (κ2) is 17.6. The van der Waals surface area contributed by atoms with Crippen molar-refractivity contribution in [2.75, 3.05) is 25.7 Å². The van der Waals surface area contributed by atoms with Crippen molar-refractivity contribution >= 4 is 23.5 Å². The highest BCUT2D eigenvalue weighted by atomic mass is 16.5. The normalized spacial score (nSPS) is 15.8. The highest BCUT2D eigenvalue weighted by molar-refractivity contribution is 5.97. The maximum atomic E-state index is 14.3. The Morgan fingerprint density at radius 2 is 1.56 bits per heavy atom. The Morgan fingerprint density at radius 3 is 2.15 bits per heavy atom. The molecule has 2 amide bonds. The Hall–Kier alpha value is -6.44. The van der Waals surface area contributed by atoms with Gasteiger partial charge in [0.25, 0.3) is 5.91 Å². The van der Waals surface area contributed by atoms with Crippen molar-refractivity contribution in [1.29, 1.82) is 5.26 Å². The van der Waals surface area contributed by atoms with E-state index in [0.717, 1.165) is 39.8 Å². The number of rotatable bonds is 9. The van der Waals surface area contributed by atoms with E-state index >= 15 is 0 Å². The molecular formula is C45H44N4O6. The van der Waals surface area contributed by atoms with Gasteiger partial charge in [0, 0.05) is 26.1 Å². The van der Waals surface area contributed by atoms with Crippen LogP contribution in [0.3, 0.4) is 0 Å². The number of aromatic hydroxyl groups is 1. The second-order valence-corrected chi connectivity index (χ2v) is 13.6. The van der Waals surface area contributed by atoms with Crippen molar-refractivity contribution in [3.8, 4) is 28.7 Å². The van der Waals surface area contributed by atoms with Gasteiger partial charge in [-0.3, -0.25) is 14.5 Å². The highest BCUT2D eigenvalue weighted by Gasteiger charge is 2.39. The summed E-state index contributed by atoms with van der Waals surface area (Å²) in [6.45, 7) is 2.60. The molecule has 10 heteroatoms. The lowest BCUT2D eigenvalue weighted by Crippen LogP contribution is -2.55. The predicted molar refractivity (Wildman–Crippen MR) is 210 cm³/mol. The first-order valence-electron chi connectivity index (χ1n) is 18.3. The smallest absolute Gasteiger partial charge is 0.328 e. The lowest BCUT2D eigenvalue weighted by molar-refractivity contribution is -0.146. The number of carbonyl (C=O) groups is 3. The first-order valence-corrected chi connectivity index (χ1v) is 18.3. The van der Waals surface area contributed by atoms with Gasteiger partial charge in [0.1, 0.15) is 17.5 Å². The molecule has 55 heavy (non-hydrogen) atoms. The standard InChI is InChI=1S/C39H38N4O5.C6H6O/c1-4-33(29-8-6-5-7-9-29)43-23-31-21-36-34(42(2)37(44)24-48-36)19-30(31)20-35(43)38(45)41-32(39(46)47-3)18-25-10-14-27(15-11-25)28-16-12-26(22-40)13-17-28;7-6-4-2-1-3-5-6/h5-17,19,21,32-33,35H,4,18,20,23-24H2,1-3H3,(H,41,45);1-5,7H/t32-,33?,35?;/m0./s1. The Labute approximate surface area is 321 Å². The van der Waals surface area contributed by atoms with E-state index in [1.807, 2.05) is 72.8 Å². The predicted octanol–water partition coefficient (Wildman–Crippen LogP) is 6.75. The van der Waals surface area contributed by atoms with Gasteiger partial charge in [-0.2, -0.15) is 5.26 Å². The number of ether oxygens (including phenoxy) is 2. The first-order chi connectivity index (χ1) is 26.7. The molecule has 10 nitrogen and oxygen atoms in total. The molecule has 2 aliphatic heterocycles. The van der Waals surface area contributed by atoms with E-state index in [1.54, 1.807) is 48.3 Å². The molecule has 2 unspecified atom stereocenters. The number of anilines is 1. The third-order valence-electron chi connectivity index (χ3n) is 10.1. The minimum atomic E-state index is -0.899. The number of para-hydroxylation sites is 1. The number of fused-ring (bicyclic) bond motifs is 2. The fraction of sp³-hybridized carbons (Fsp3) is 0.244. The summed E-state index contributed by atoms with van der Waals surface area (Å²) in [6, 6.07) is 38.5. The van der Waals surface area contributed by atoms with Crippen LogP contribution in [0.15, 0.2) is 121 Å². The summed E-state index contributed by atoms with van der Waals surface area (Å²) < 4.78 is 10.9. The van der Waals surface area contributed by atoms with Crippen LogP contribution >= 0.6 is 0 Å². The zero-order chi connectivity index (χ0) is 38.9. The van der Waals surface area contributed by atoms with Crippen LogP contribution < -0.4 is 15.0 Å². The number of phenols is 1. The van der Waals surface area contributed by atoms with E-state index < -0.39 is 18.1 Å². The lowest BCUT2D eigenvalue weighted by Gasteiger charge is -2.42.